The third-order valence-electron chi connectivity index (χ3n) is 4.53. The zero-order valence-corrected chi connectivity index (χ0v) is 15.9. The fourth-order valence-electron chi connectivity index (χ4n) is 3.28. The van der Waals surface area contributed by atoms with Gasteiger partial charge in [-0.25, -0.2) is 9.67 Å². The minimum atomic E-state index is -0.625. The predicted molar refractivity (Wildman–Crippen MR) is 103 cm³/mol. The molecule has 2 amide bonds. The number of likely N-dealkylation sites (N-methyl/N-ethyl adjacent to an activating group) is 1. The monoisotopic (exact) mass is 381 g/mol. The number of para-hydroxylation sites is 1. The summed E-state index contributed by atoms with van der Waals surface area (Å²) >= 11 is 1.41. The number of anilines is 1. The smallest absolute Gasteiger partial charge is 0.271 e. The molecule has 1 N–H and O–H groups in total. The van der Waals surface area contributed by atoms with Crippen molar-refractivity contribution in [2.24, 2.45) is 0 Å². The lowest BCUT2D eigenvalue weighted by atomic mass is 10.0. The Balaban J connectivity index is 1.64. The lowest BCUT2D eigenvalue weighted by Gasteiger charge is -2.32. The number of benzene rings is 1. The number of fused-ring (bicyclic) bond motifs is 1. The van der Waals surface area contributed by atoms with Crippen LogP contribution in [0, 0.1) is 6.92 Å². The highest BCUT2D eigenvalue weighted by Gasteiger charge is 2.36. The van der Waals surface area contributed by atoms with Gasteiger partial charge in [0.25, 0.3) is 11.8 Å². The highest BCUT2D eigenvalue weighted by atomic mass is 32.1. The zero-order chi connectivity index (χ0) is 19.0. The van der Waals surface area contributed by atoms with E-state index >= 15 is 0 Å². The van der Waals surface area contributed by atoms with Crippen molar-refractivity contribution in [1.29, 1.82) is 0 Å². The van der Waals surface area contributed by atoms with Crippen molar-refractivity contribution in [1.82, 2.24) is 20.1 Å². The Morgan fingerprint density at radius 3 is 2.78 bits per heavy atom. The predicted octanol–water partition coefficient (Wildman–Crippen LogP) is 2.34. The van der Waals surface area contributed by atoms with Crippen molar-refractivity contribution < 1.29 is 9.59 Å². The van der Waals surface area contributed by atoms with Gasteiger partial charge in [0, 0.05) is 23.9 Å². The minimum absolute atomic E-state index is 0.136. The number of rotatable bonds is 4. The Hall–Kier alpha value is -3.00. The van der Waals surface area contributed by atoms with Crippen LogP contribution in [-0.4, -0.2) is 39.2 Å². The van der Waals surface area contributed by atoms with Gasteiger partial charge in [0.15, 0.2) is 0 Å². The van der Waals surface area contributed by atoms with Crippen LogP contribution in [0.15, 0.2) is 41.9 Å². The van der Waals surface area contributed by atoms with Gasteiger partial charge in [-0.3, -0.25) is 14.5 Å². The summed E-state index contributed by atoms with van der Waals surface area (Å²) in [6.45, 7) is 4.25. The Bertz CT molecular complexity index is 995. The van der Waals surface area contributed by atoms with Gasteiger partial charge in [-0.2, -0.15) is 5.10 Å². The van der Waals surface area contributed by atoms with Crippen LogP contribution in [0.4, 0.5) is 5.82 Å². The lowest BCUT2D eigenvalue weighted by molar-refractivity contribution is -0.120. The Morgan fingerprint density at radius 2 is 2.11 bits per heavy atom. The van der Waals surface area contributed by atoms with Gasteiger partial charge in [0.2, 0.25) is 0 Å². The number of amides is 2. The molecule has 0 saturated carbocycles. The van der Waals surface area contributed by atoms with E-state index in [4.69, 9.17) is 0 Å². The lowest BCUT2D eigenvalue weighted by Crippen LogP contribution is -2.53. The van der Waals surface area contributed by atoms with Gasteiger partial charge >= 0.3 is 0 Å². The summed E-state index contributed by atoms with van der Waals surface area (Å²) in [5, 5.41) is 9.82. The fourth-order valence-corrected chi connectivity index (χ4v) is 3.88. The van der Waals surface area contributed by atoms with E-state index < -0.39 is 6.04 Å². The highest BCUT2D eigenvalue weighted by molar-refractivity contribution is 7.09. The number of carbonyl (C=O) groups excluding carboxylic acids is 2. The fraction of sp³-hybridized carbons (Fsp3) is 0.263. The van der Waals surface area contributed by atoms with Crippen LogP contribution in [0.3, 0.4) is 0 Å². The van der Waals surface area contributed by atoms with Gasteiger partial charge < -0.3 is 5.32 Å². The molecule has 0 bridgehead atoms. The highest BCUT2D eigenvalue weighted by Crippen LogP contribution is 2.30. The number of nitrogens with zero attached hydrogens (tertiary/aromatic N) is 4. The summed E-state index contributed by atoms with van der Waals surface area (Å²) in [4.78, 5) is 31.3. The van der Waals surface area contributed by atoms with Crippen molar-refractivity contribution in [3.05, 3.63) is 58.2 Å². The first kappa shape index (κ1) is 17.4. The van der Waals surface area contributed by atoms with Crippen LogP contribution in [-0.2, 0) is 11.2 Å². The van der Waals surface area contributed by atoms with Gasteiger partial charge in [-0.05, 0) is 26.0 Å². The number of hydrogen-bond donors (Lipinski definition) is 1. The van der Waals surface area contributed by atoms with Gasteiger partial charge in [-0.15, -0.1) is 11.3 Å². The van der Waals surface area contributed by atoms with Crippen LogP contribution in [0.5, 0.6) is 0 Å². The van der Waals surface area contributed by atoms with Crippen molar-refractivity contribution in [2.75, 3.05) is 11.4 Å². The van der Waals surface area contributed by atoms with Crippen LogP contribution >= 0.6 is 11.3 Å². The topological polar surface area (TPSA) is 80.1 Å². The van der Waals surface area contributed by atoms with E-state index in [2.05, 4.69) is 15.4 Å². The van der Waals surface area contributed by atoms with E-state index in [1.165, 1.54) is 11.3 Å². The molecule has 1 unspecified atom stereocenters. The molecule has 0 radical (unpaired) electrons. The average molecular weight is 381 g/mol. The number of hydrogen-bond acceptors (Lipinski definition) is 5. The van der Waals surface area contributed by atoms with Crippen LogP contribution in [0.25, 0.3) is 5.69 Å². The summed E-state index contributed by atoms with van der Waals surface area (Å²) in [7, 11) is 0. The maximum absolute atomic E-state index is 13.0. The maximum Gasteiger partial charge on any atom is 0.271 e. The SMILES string of the molecule is CCN1C(=O)C(NC(=O)c2csc(C)n2)Cc2cnn(-c3ccccc3)c21. The molecule has 27 heavy (non-hydrogen) atoms. The largest absolute Gasteiger partial charge is 0.339 e. The Kier molecular flexibility index (Phi) is 4.49. The standard InChI is InChI=1S/C19H19N5O2S/c1-3-23-18-13(10-20-24(18)14-7-5-4-6-8-14)9-15(19(23)26)22-17(25)16-11-27-12(2)21-16/h4-8,10-11,15H,3,9H2,1-2H3,(H,22,25). The van der Waals surface area contributed by atoms with Crippen molar-refractivity contribution in [3.8, 4) is 5.69 Å². The van der Waals surface area contributed by atoms with E-state index in [-0.39, 0.29) is 11.8 Å². The second-order valence-corrected chi connectivity index (χ2v) is 7.37. The van der Waals surface area contributed by atoms with Gasteiger partial charge in [0.05, 0.1) is 16.9 Å². The molecule has 0 saturated heterocycles. The molecule has 138 valence electrons. The molecule has 1 atom stereocenters. The Labute approximate surface area is 160 Å². The molecule has 4 rings (SSSR count). The minimum Gasteiger partial charge on any atom is -0.339 e. The zero-order valence-electron chi connectivity index (χ0n) is 15.0. The summed E-state index contributed by atoms with van der Waals surface area (Å²) in [6.07, 6.45) is 2.18. The van der Waals surface area contributed by atoms with E-state index in [0.717, 1.165) is 22.1 Å². The van der Waals surface area contributed by atoms with Crippen molar-refractivity contribution in [3.63, 3.8) is 0 Å². The molecule has 2 aromatic heterocycles. The molecule has 0 fully saturated rings. The summed E-state index contributed by atoms with van der Waals surface area (Å²) in [5.74, 6) is 0.305. The molecule has 8 heteroatoms. The quantitative estimate of drug-likeness (QED) is 0.752. The summed E-state index contributed by atoms with van der Waals surface area (Å²) < 4.78 is 1.78. The first-order valence-corrected chi connectivity index (χ1v) is 9.63. The molecule has 1 aromatic carbocycles. The summed E-state index contributed by atoms with van der Waals surface area (Å²) in [5.41, 5.74) is 2.17. The molecule has 0 aliphatic carbocycles. The number of aryl methyl sites for hydroxylation is 1. The third kappa shape index (κ3) is 3.12. The van der Waals surface area contributed by atoms with E-state index in [0.29, 0.717) is 18.7 Å². The molecular formula is C19H19N5O2S. The molecule has 3 aromatic rings. The van der Waals surface area contributed by atoms with Crippen LogP contribution in [0.1, 0.15) is 28.0 Å². The summed E-state index contributed by atoms with van der Waals surface area (Å²) in [6, 6.07) is 9.08. The molecule has 3 heterocycles. The number of aromatic nitrogens is 3. The number of thiazole rings is 1. The van der Waals surface area contributed by atoms with E-state index in [1.807, 2.05) is 44.2 Å². The average Bonchev–Trinajstić information content (AvgIpc) is 3.29. The molecular weight excluding hydrogens is 362 g/mol. The maximum atomic E-state index is 13.0. The molecule has 0 spiro atoms. The van der Waals surface area contributed by atoms with Gasteiger partial charge in [-0.1, -0.05) is 18.2 Å². The van der Waals surface area contributed by atoms with Crippen LogP contribution in [0.2, 0.25) is 0 Å². The van der Waals surface area contributed by atoms with E-state index in [9.17, 15) is 9.59 Å². The third-order valence-corrected chi connectivity index (χ3v) is 5.31. The second-order valence-electron chi connectivity index (χ2n) is 6.31. The first-order valence-electron chi connectivity index (χ1n) is 8.75. The first-order chi connectivity index (χ1) is 13.1. The van der Waals surface area contributed by atoms with E-state index in [1.54, 1.807) is 21.2 Å². The van der Waals surface area contributed by atoms with Crippen molar-refractivity contribution >= 4 is 29.0 Å². The number of carbonyl (C=O) groups is 2. The second kappa shape index (κ2) is 6.96. The Morgan fingerprint density at radius 1 is 1.33 bits per heavy atom. The van der Waals surface area contributed by atoms with Crippen molar-refractivity contribution in [2.45, 2.75) is 26.3 Å². The van der Waals surface area contributed by atoms with Crippen LogP contribution < -0.4 is 10.2 Å². The molecule has 7 nitrogen and oxygen atoms in total. The van der Waals surface area contributed by atoms with Gasteiger partial charge in [0.1, 0.15) is 17.6 Å². The normalized spacial score (nSPS) is 16.3. The molecule has 1 aliphatic heterocycles. The molecule has 1 aliphatic rings. The number of nitrogens with one attached hydrogen (secondary N) is 1.